The van der Waals surface area contributed by atoms with Crippen molar-refractivity contribution < 1.29 is 4.92 Å². The summed E-state index contributed by atoms with van der Waals surface area (Å²) in [6.45, 7) is 6.44. The Morgan fingerprint density at radius 3 is 1.02 bits per heavy atom. The Kier molecular flexibility index (Phi) is 28.9. The highest BCUT2D eigenvalue weighted by Crippen LogP contribution is 2.28. The van der Waals surface area contributed by atoms with Crippen LogP contribution < -0.4 is 4.90 Å². The van der Waals surface area contributed by atoms with Crippen molar-refractivity contribution in [3.8, 4) is 0 Å². The van der Waals surface area contributed by atoms with Crippen LogP contribution in [-0.2, 0) is 0 Å². The van der Waals surface area contributed by atoms with Gasteiger partial charge in [0.15, 0.2) is 0 Å². The minimum atomic E-state index is -0.207. The van der Waals surface area contributed by atoms with Crippen molar-refractivity contribution in [3.05, 3.63) is 34.4 Å². The van der Waals surface area contributed by atoms with Crippen LogP contribution in [0.4, 0.5) is 11.4 Å². The van der Waals surface area contributed by atoms with Crippen LogP contribution in [0.1, 0.15) is 206 Å². The number of nitrogens with zero attached hydrogens (tertiary/aromatic N) is 2. The average molecular weight is 615 g/mol. The maximum atomic E-state index is 11.7. The number of hydrogen-bond acceptors (Lipinski definition) is 3. The van der Waals surface area contributed by atoms with E-state index in [1.54, 1.807) is 12.1 Å². The van der Waals surface area contributed by atoms with Crippen LogP contribution in [0.3, 0.4) is 0 Å². The number of para-hydroxylation sites is 2. The summed E-state index contributed by atoms with van der Waals surface area (Å²) in [5.41, 5.74) is 1.07. The molecular weight excluding hydrogens is 540 g/mol. The van der Waals surface area contributed by atoms with Crippen molar-refractivity contribution in [2.45, 2.75) is 206 Å². The van der Waals surface area contributed by atoms with Gasteiger partial charge in [-0.1, -0.05) is 206 Å². The molecule has 256 valence electrons. The highest BCUT2D eigenvalue weighted by atomic mass is 16.6. The second-order valence-electron chi connectivity index (χ2n) is 13.6. The number of rotatable bonds is 34. The highest BCUT2D eigenvalue weighted by molar-refractivity contribution is 5.63. The molecule has 0 unspecified atom stereocenters. The minimum absolute atomic E-state index is 0.207. The maximum absolute atomic E-state index is 11.7. The van der Waals surface area contributed by atoms with Crippen molar-refractivity contribution in [2.24, 2.45) is 0 Å². The van der Waals surface area contributed by atoms with E-state index < -0.39 is 0 Å². The fourth-order valence-electron chi connectivity index (χ4n) is 6.59. The molecule has 0 bridgehead atoms. The smallest absolute Gasteiger partial charge is 0.292 e. The molecule has 0 aliphatic heterocycles. The summed E-state index contributed by atoms with van der Waals surface area (Å²) < 4.78 is 0. The van der Waals surface area contributed by atoms with E-state index in [9.17, 15) is 10.1 Å². The second-order valence-corrected chi connectivity index (χ2v) is 13.6. The summed E-state index contributed by atoms with van der Waals surface area (Å²) in [4.78, 5) is 13.8. The van der Waals surface area contributed by atoms with E-state index in [1.165, 1.54) is 180 Å². The molecule has 0 radical (unpaired) electrons. The van der Waals surface area contributed by atoms with E-state index in [-0.39, 0.29) is 10.6 Å². The number of nitro benzene ring substituents is 1. The zero-order valence-corrected chi connectivity index (χ0v) is 29.6. The van der Waals surface area contributed by atoms with Gasteiger partial charge < -0.3 is 4.90 Å². The molecule has 0 atom stereocenters. The van der Waals surface area contributed by atoms with Crippen molar-refractivity contribution in [2.75, 3.05) is 18.0 Å². The molecule has 0 fully saturated rings. The summed E-state index contributed by atoms with van der Waals surface area (Å²) in [5.74, 6) is 0. The van der Waals surface area contributed by atoms with E-state index in [2.05, 4.69) is 18.7 Å². The Balaban J connectivity index is 2.16. The quantitative estimate of drug-likeness (QED) is 0.0441. The molecule has 0 aromatic heterocycles. The molecule has 1 rings (SSSR count). The molecule has 0 heterocycles. The van der Waals surface area contributed by atoms with Crippen LogP contribution in [0.2, 0.25) is 0 Å². The summed E-state index contributed by atoms with van der Waals surface area (Å²) in [7, 11) is 0. The van der Waals surface area contributed by atoms with Gasteiger partial charge in [-0.2, -0.15) is 0 Å². The van der Waals surface area contributed by atoms with Gasteiger partial charge in [-0.15, -0.1) is 0 Å². The van der Waals surface area contributed by atoms with E-state index in [0.717, 1.165) is 31.6 Å². The van der Waals surface area contributed by atoms with Gasteiger partial charge in [0, 0.05) is 19.2 Å². The fourth-order valence-corrected chi connectivity index (χ4v) is 6.59. The highest BCUT2D eigenvalue weighted by Gasteiger charge is 2.18. The van der Waals surface area contributed by atoms with Gasteiger partial charge in [-0.25, -0.2) is 0 Å². The lowest BCUT2D eigenvalue weighted by Gasteiger charge is -2.24. The molecule has 1 aromatic carbocycles. The molecule has 0 spiro atoms. The Bertz CT molecular complexity index is 719. The Labute approximate surface area is 274 Å². The second kappa shape index (κ2) is 31.4. The van der Waals surface area contributed by atoms with Crippen LogP contribution >= 0.6 is 0 Å². The number of hydrogen-bond donors (Lipinski definition) is 0. The molecule has 0 saturated carbocycles. The molecule has 0 aliphatic rings. The molecule has 1 aromatic rings. The summed E-state index contributed by atoms with van der Waals surface area (Å²) in [5, 5.41) is 11.7. The first kappa shape index (κ1) is 40.4. The first-order chi connectivity index (χ1) is 21.7. The van der Waals surface area contributed by atoms with Gasteiger partial charge in [-0.3, -0.25) is 10.1 Å². The summed E-state index contributed by atoms with van der Waals surface area (Å²) in [6.07, 6.45) is 40.9. The SMILES string of the molecule is CCCCCCCCCCCCCCCCCN(CCCCCCCCCCCCCCCCC)c1ccccc1[N+](=O)[O-]. The monoisotopic (exact) mass is 615 g/mol. The average Bonchev–Trinajstić information content (AvgIpc) is 3.03. The van der Waals surface area contributed by atoms with Crippen molar-refractivity contribution in [3.63, 3.8) is 0 Å². The number of benzene rings is 1. The van der Waals surface area contributed by atoms with Gasteiger partial charge >= 0.3 is 0 Å². The van der Waals surface area contributed by atoms with Gasteiger partial charge in [0.1, 0.15) is 5.69 Å². The first-order valence-corrected chi connectivity index (χ1v) is 19.7. The van der Waals surface area contributed by atoms with Gasteiger partial charge in [0.05, 0.1) is 4.92 Å². The van der Waals surface area contributed by atoms with E-state index in [4.69, 9.17) is 0 Å². The standard InChI is InChI=1S/C40H74N2O2/c1-3-5-7-9-11-13-15-17-19-21-23-25-27-29-33-37-41(39-35-31-32-36-40(39)42(43)44)38-34-30-28-26-24-22-20-18-16-14-12-10-8-6-4-2/h31-32,35-36H,3-30,33-34,37-38H2,1-2H3. The Morgan fingerprint density at radius 1 is 0.455 bits per heavy atom. The van der Waals surface area contributed by atoms with Gasteiger partial charge in [0.2, 0.25) is 0 Å². The van der Waals surface area contributed by atoms with E-state index in [0.29, 0.717) is 0 Å². The number of nitro groups is 1. The van der Waals surface area contributed by atoms with Gasteiger partial charge in [-0.05, 0) is 18.9 Å². The molecule has 0 amide bonds. The third-order valence-electron chi connectivity index (χ3n) is 9.48. The summed E-state index contributed by atoms with van der Waals surface area (Å²) >= 11 is 0. The molecule has 44 heavy (non-hydrogen) atoms. The Morgan fingerprint density at radius 2 is 0.727 bits per heavy atom. The van der Waals surface area contributed by atoms with Crippen LogP contribution in [0.25, 0.3) is 0 Å². The molecule has 4 nitrogen and oxygen atoms in total. The molecule has 0 saturated heterocycles. The number of unbranched alkanes of at least 4 members (excludes halogenated alkanes) is 28. The van der Waals surface area contributed by atoms with Gasteiger partial charge in [0.25, 0.3) is 5.69 Å². The van der Waals surface area contributed by atoms with Crippen LogP contribution in [0.15, 0.2) is 24.3 Å². The first-order valence-electron chi connectivity index (χ1n) is 19.7. The van der Waals surface area contributed by atoms with Crippen molar-refractivity contribution in [1.82, 2.24) is 0 Å². The fraction of sp³-hybridized carbons (Fsp3) is 0.850. The predicted molar refractivity (Wildman–Crippen MR) is 195 cm³/mol. The lowest BCUT2D eigenvalue weighted by molar-refractivity contribution is -0.384. The third kappa shape index (κ3) is 23.8. The van der Waals surface area contributed by atoms with Crippen LogP contribution in [-0.4, -0.2) is 18.0 Å². The Hall–Kier alpha value is -1.58. The topological polar surface area (TPSA) is 46.4 Å². The summed E-state index contributed by atoms with van der Waals surface area (Å²) in [6, 6.07) is 7.37. The molecule has 4 heteroatoms. The van der Waals surface area contributed by atoms with Crippen LogP contribution in [0, 0.1) is 10.1 Å². The lowest BCUT2D eigenvalue weighted by Crippen LogP contribution is -2.26. The van der Waals surface area contributed by atoms with E-state index in [1.807, 2.05) is 12.1 Å². The largest absolute Gasteiger partial charge is 0.366 e. The molecule has 0 N–H and O–H groups in total. The maximum Gasteiger partial charge on any atom is 0.292 e. The normalized spacial score (nSPS) is 11.3. The molecular formula is C40H74N2O2. The van der Waals surface area contributed by atoms with Crippen LogP contribution in [0.5, 0.6) is 0 Å². The van der Waals surface area contributed by atoms with E-state index >= 15 is 0 Å². The van der Waals surface area contributed by atoms with Crippen molar-refractivity contribution >= 4 is 11.4 Å². The molecule has 0 aliphatic carbocycles. The zero-order chi connectivity index (χ0) is 31.8. The minimum Gasteiger partial charge on any atom is -0.366 e. The van der Waals surface area contributed by atoms with Crippen molar-refractivity contribution in [1.29, 1.82) is 0 Å². The number of anilines is 1. The predicted octanol–water partition coefficient (Wildman–Crippen LogP) is 14.1. The third-order valence-corrected chi connectivity index (χ3v) is 9.48. The zero-order valence-electron chi connectivity index (χ0n) is 29.6. The lowest BCUT2D eigenvalue weighted by atomic mass is 10.0.